The van der Waals surface area contributed by atoms with E-state index in [9.17, 15) is 0 Å². The first kappa shape index (κ1) is 19.5. The fourth-order valence-corrected chi connectivity index (χ4v) is 1.95. The van der Waals surface area contributed by atoms with Crippen molar-refractivity contribution >= 4 is 41.5 Å². The molecule has 0 spiro atoms. The van der Waals surface area contributed by atoms with Crippen LogP contribution in [0.5, 0.6) is 0 Å². The van der Waals surface area contributed by atoms with Crippen molar-refractivity contribution in [3.8, 4) is 0 Å². The van der Waals surface area contributed by atoms with Crippen molar-refractivity contribution in [2.24, 2.45) is 4.99 Å². The van der Waals surface area contributed by atoms with Gasteiger partial charge in [0.2, 0.25) is 0 Å². The topological polar surface area (TPSA) is 36.9 Å². The minimum Gasteiger partial charge on any atom is -0.385 e. The van der Waals surface area contributed by atoms with Crippen LogP contribution in [0.1, 0.15) is 12.0 Å². The minimum atomic E-state index is 0. The van der Waals surface area contributed by atoms with Crippen molar-refractivity contribution in [3.05, 3.63) is 34.9 Å². The lowest BCUT2D eigenvalue weighted by molar-refractivity contribution is 0.195. The molecular formula is C14H23ClIN3O. The second-order valence-electron chi connectivity index (χ2n) is 4.27. The highest BCUT2D eigenvalue weighted by atomic mass is 127. The molecule has 1 aromatic carbocycles. The number of rotatable bonds is 6. The number of ether oxygens (including phenoxy) is 1. The van der Waals surface area contributed by atoms with Crippen molar-refractivity contribution in [3.63, 3.8) is 0 Å². The second kappa shape index (κ2) is 11.2. The van der Waals surface area contributed by atoms with Crippen LogP contribution in [0.15, 0.2) is 29.3 Å². The maximum Gasteiger partial charge on any atom is 0.193 e. The molecule has 0 atom stereocenters. The smallest absolute Gasteiger partial charge is 0.193 e. The van der Waals surface area contributed by atoms with Crippen LogP contribution < -0.4 is 5.32 Å². The monoisotopic (exact) mass is 411 g/mol. The van der Waals surface area contributed by atoms with Gasteiger partial charge in [0.1, 0.15) is 0 Å². The Morgan fingerprint density at radius 2 is 2.10 bits per heavy atom. The molecule has 0 aliphatic rings. The van der Waals surface area contributed by atoms with Crippen molar-refractivity contribution in [2.45, 2.75) is 13.0 Å². The Kier molecular flexibility index (Phi) is 10.9. The molecule has 0 bridgehead atoms. The molecule has 0 fully saturated rings. The Balaban J connectivity index is 0.00000361. The largest absolute Gasteiger partial charge is 0.385 e. The molecule has 4 nitrogen and oxygen atoms in total. The van der Waals surface area contributed by atoms with Gasteiger partial charge in [0.15, 0.2) is 5.96 Å². The van der Waals surface area contributed by atoms with Gasteiger partial charge in [-0.05, 0) is 18.1 Å². The summed E-state index contributed by atoms with van der Waals surface area (Å²) in [5.41, 5.74) is 1.09. The van der Waals surface area contributed by atoms with Crippen LogP contribution in [0.25, 0.3) is 0 Å². The van der Waals surface area contributed by atoms with E-state index in [1.807, 2.05) is 36.2 Å². The number of benzene rings is 1. The van der Waals surface area contributed by atoms with Gasteiger partial charge in [0.25, 0.3) is 0 Å². The van der Waals surface area contributed by atoms with Gasteiger partial charge in [-0.25, -0.2) is 0 Å². The van der Waals surface area contributed by atoms with Crippen LogP contribution >= 0.6 is 35.6 Å². The number of hydrogen-bond acceptors (Lipinski definition) is 2. The Bertz CT molecular complexity index is 415. The highest BCUT2D eigenvalue weighted by Crippen LogP contribution is 2.16. The molecule has 1 aromatic rings. The molecule has 0 amide bonds. The molecule has 0 unspecified atom stereocenters. The van der Waals surface area contributed by atoms with Crippen LogP contribution in [0.2, 0.25) is 5.02 Å². The average Bonchev–Trinajstić information content (AvgIpc) is 2.41. The molecule has 114 valence electrons. The number of nitrogens with zero attached hydrogens (tertiary/aromatic N) is 2. The molecule has 0 radical (unpaired) electrons. The van der Waals surface area contributed by atoms with Gasteiger partial charge < -0.3 is 15.0 Å². The van der Waals surface area contributed by atoms with Crippen molar-refractivity contribution in [1.29, 1.82) is 0 Å². The van der Waals surface area contributed by atoms with Crippen molar-refractivity contribution in [1.82, 2.24) is 10.2 Å². The summed E-state index contributed by atoms with van der Waals surface area (Å²) in [5, 5.41) is 4.08. The van der Waals surface area contributed by atoms with E-state index >= 15 is 0 Å². The summed E-state index contributed by atoms with van der Waals surface area (Å²) in [6.07, 6.45) is 0.954. The molecule has 0 aliphatic heterocycles. The Morgan fingerprint density at radius 1 is 1.40 bits per heavy atom. The normalized spacial score (nSPS) is 10.9. The third kappa shape index (κ3) is 6.76. The van der Waals surface area contributed by atoms with E-state index in [4.69, 9.17) is 16.3 Å². The zero-order chi connectivity index (χ0) is 14.1. The zero-order valence-electron chi connectivity index (χ0n) is 12.2. The molecule has 0 aromatic heterocycles. The fourth-order valence-electron chi connectivity index (χ4n) is 1.76. The molecule has 6 heteroatoms. The first-order valence-electron chi connectivity index (χ1n) is 6.33. The molecule has 0 heterocycles. The van der Waals surface area contributed by atoms with E-state index in [1.165, 1.54) is 0 Å². The lowest BCUT2D eigenvalue weighted by Gasteiger charge is -2.22. The highest BCUT2D eigenvalue weighted by Gasteiger charge is 2.07. The third-order valence-electron chi connectivity index (χ3n) is 2.75. The maximum atomic E-state index is 6.16. The summed E-state index contributed by atoms with van der Waals surface area (Å²) >= 11 is 6.16. The van der Waals surface area contributed by atoms with Crippen LogP contribution in [-0.2, 0) is 11.3 Å². The van der Waals surface area contributed by atoms with E-state index in [1.54, 1.807) is 14.2 Å². The summed E-state index contributed by atoms with van der Waals surface area (Å²) in [6, 6.07) is 7.85. The predicted molar refractivity (Wildman–Crippen MR) is 96.2 cm³/mol. The molecule has 0 saturated carbocycles. The molecular weight excluding hydrogens is 389 g/mol. The van der Waals surface area contributed by atoms with Crippen molar-refractivity contribution < 1.29 is 4.74 Å². The molecule has 20 heavy (non-hydrogen) atoms. The van der Waals surface area contributed by atoms with Crippen LogP contribution in [0, 0.1) is 0 Å². The number of methoxy groups -OCH3 is 1. The molecule has 0 aliphatic carbocycles. The fraction of sp³-hybridized carbons (Fsp3) is 0.500. The summed E-state index contributed by atoms with van der Waals surface area (Å²) in [5.74, 6) is 0.857. The van der Waals surface area contributed by atoms with E-state index in [2.05, 4.69) is 10.3 Å². The number of nitrogens with one attached hydrogen (secondary N) is 1. The molecule has 1 N–H and O–H groups in total. The summed E-state index contributed by atoms with van der Waals surface area (Å²) in [6.45, 7) is 2.31. The standard InChI is InChI=1S/C14H22ClN3O.HI/c1-16-14(17-9-6-10-19-3)18(2)11-12-7-4-5-8-13(12)15;/h4-5,7-8H,6,9-11H2,1-3H3,(H,16,17);1H. The number of halogens is 2. The number of guanidine groups is 1. The summed E-state index contributed by atoms with van der Waals surface area (Å²) < 4.78 is 5.02. The Morgan fingerprint density at radius 3 is 2.70 bits per heavy atom. The van der Waals surface area contributed by atoms with E-state index in [0.717, 1.165) is 42.7 Å². The molecule has 0 saturated heterocycles. The first-order valence-corrected chi connectivity index (χ1v) is 6.71. The summed E-state index contributed by atoms with van der Waals surface area (Å²) in [4.78, 5) is 6.31. The summed E-state index contributed by atoms with van der Waals surface area (Å²) in [7, 11) is 5.48. The van der Waals surface area contributed by atoms with Crippen LogP contribution in [0.3, 0.4) is 0 Å². The number of aliphatic imine (C=N–C) groups is 1. The quantitative estimate of drug-likeness (QED) is 0.338. The van der Waals surface area contributed by atoms with Gasteiger partial charge in [-0.15, -0.1) is 24.0 Å². The number of hydrogen-bond donors (Lipinski definition) is 1. The lowest BCUT2D eigenvalue weighted by atomic mass is 10.2. The van der Waals surface area contributed by atoms with Crippen LogP contribution in [-0.4, -0.2) is 45.2 Å². The SMILES string of the molecule is CN=C(NCCCOC)N(C)Cc1ccccc1Cl.I. The average molecular weight is 412 g/mol. The van der Waals surface area contributed by atoms with E-state index < -0.39 is 0 Å². The van der Waals surface area contributed by atoms with Gasteiger partial charge in [-0.2, -0.15) is 0 Å². The van der Waals surface area contributed by atoms with Gasteiger partial charge in [0, 0.05) is 45.9 Å². The van der Waals surface area contributed by atoms with Gasteiger partial charge in [0.05, 0.1) is 0 Å². The lowest BCUT2D eigenvalue weighted by Crippen LogP contribution is -2.39. The predicted octanol–water partition coefficient (Wildman–Crippen LogP) is 3.00. The van der Waals surface area contributed by atoms with Crippen LogP contribution in [0.4, 0.5) is 0 Å². The zero-order valence-corrected chi connectivity index (χ0v) is 15.3. The highest BCUT2D eigenvalue weighted by molar-refractivity contribution is 14.0. The van der Waals surface area contributed by atoms with E-state index in [0.29, 0.717) is 0 Å². The Labute approximate surface area is 143 Å². The second-order valence-corrected chi connectivity index (χ2v) is 4.68. The van der Waals surface area contributed by atoms with E-state index in [-0.39, 0.29) is 24.0 Å². The third-order valence-corrected chi connectivity index (χ3v) is 3.12. The van der Waals surface area contributed by atoms with Gasteiger partial charge >= 0.3 is 0 Å². The maximum absolute atomic E-state index is 6.16. The first-order chi connectivity index (χ1) is 9.19. The Hall–Kier alpha value is -0.530. The van der Waals surface area contributed by atoms with Gasteiger partial charge in [-0.1, -0.05) is 29.8 Å². The minimum absolute atomic E-state index is 0. The van der Waals surface area contributed by atoms with Gasteiger partial charge in [-0.3, -0.25) is 4.99 Å². The molecule has 1 rings (SSSR count). The van der Waals surface area contributed by atoms with Crippen molar-refractivity contribution in [2.75, 3.05) is 34.4 Å².